The minimum Gasteiger partial charge on any atom is -0.443 e. The third-order valence-corrected chi connectivity index (χ3v) is 4.00. The molecule has 6 heteroatoms. The lowest BCUT2D eigenvalue weighted by atomic mass is 10.1. The average Bonchev–Trinajstić information content (AvgIpc) is 3.13. The van der Waals surface area contributed by atoms with Gasteiger partial charge in [-0.1, -0.05) is 6.07 Å². The molecule has 0 aliphatic heterocycles. The van der Waals surface area contributed by atoms with Crippen LogP contribution in [0.1, 0.15) is 21.7 Å². The minimum absolute atomic E-state index is 0.224. The summed E-state index contributed by atoms with van der Waals surface area (Å²) in [6.45, 7) is 1.68. The number of hydrogen-bond donors (Lipinski definition) is 1. The molecule has 3 rings (SSSR count). The van der Waals surface area contributed by atoms with Crippen molar-refractivity contribution in [3.63, 3.8) is 0 Å². The number of halogens is 1. The Morgan fingerprint density at radius 1 is 1.30 bits per heavy atom. The van der Waals surface area contributed by atoms with Crippen molar-refractivity contribution in [2.75, 3.05) is 5.32 Å². The maximum Gasteiger partial charge on any atom is 0.260 e. The van der Waals surface area contributed by atoms with Gasteiger partial charge in [0, 0.05) is 21.7 Å². The molecule has 2 aromatic heterocycles. The summed E-state index contributed by atoms with van der Waals surface area (Å²) in [4.78, 5) is 12.6. The summed E-state index contributed by atoms with van der Waals surface area (Å²) in [5.74, 6) is 0.402. The number of nitrogens with one attached hydrogen (secondary N) is 1. The van der Waals surface area contributed by atoms with Crippen molar-refractivity contribution < 1.29 is 9.21 Å². The molecule has 1 N–H and O–H groups in total. The predicted molar refractivity (Wildman–Crippen MR) is 94.6 cm³/mol. The van der Waals surface area contributed by atoms with Gasteiger partial charge in [0.15, 0.2) is 0 Å². The minimum atomic E-state index is -0.358. The van der Waals surface area contributed by atoms with Gasteiger partial charge in [-0.25, -0.2) is 0 Å². The van der Waals surface area contributed by atoms with Gasteiger partial charge < -0.3 is 9.73 Å². The second-order valence-corrected chi connectivity index (χ2v) is 6.13. The molecule has 0 spiro atoms. The van der Waals surface area contributed by atoms with E-state index in [2.05, 4.69) is 34.0 Å². The summed E-state index contributed by atoms with van der Waals surface area (Å²) in [7, 11) is 0. The molecule has 0 saturated heterocycles. The van der Waals surface area contributed by atoms with E-state index in [9.17, 15) is 10.1 Å². The summed E-state index contributed by atoms with van der Waals surface area (Å²) in [6, 6.07) is 13.2. The van der Waals surface area contributed by atoms with Gasteiger partial charge in [-0.2, -0.15) is 5.26 Å². The van der Waals surface area contributed by atoms with E-state index < -0.39 is 0 Å². The number of carbonyl (C=O) groups excluding carboxylic acids is 1. The van der Waals surface area contributed by atoms with E-state index in [0.717, 1.165) is 3.57 Å². The lowest BCUT2D eigenvalue weighted by Gasteiger charge is -2.05. The van der Waals surface area contributed by atoms with E-state index in [1.165, 1.54) is 0 Å². The molecular formula is C17H12IN3O2. The molecule has 2 heterocycles. The smallest absolute Gasteiger partial charge is 0.260 e. The first-order chi connectivity index (χ1) is 11.1. The highest BCUT2D eigenvalue weighted by Gasteiger charge is 2.24. The molecule has 1 aromatic carbocycles. The Hall–Kier alpha value is -2.53. The maximum atomic E-state index is 12.6. The fourth-order valence-electron chi connectivity index (χ4n) is 2.32. The Bertz CT molecular complexity index is 905. The molecule has 0 aliphatic rings. The lowest BCUT2D eigenvalue weighted by Crippen LogP contribution is -2.14. The van der Waals surface area contributed by atoms with Gasteiger partial charge in [0.2, 0.25) is 5.88 Å². The fourth-order valence-corrected chi connectivity index (χ4v) is 2.86. The quantitative estimate of drug-likeness (QED) is 0.653. The zero-order chi connectivity index (χ0) is 16.4. The summed E-state index contributed by atoms with van der Waals surface area (Å²) in [6.07, 6.45) is 3.53. The first kappa shape index (κ1) is 15.4. The number of nitriles is 1. The first-order valence-corrected chi connectivity index (χ1v) is 7.92. The van der Waals surface area contributed by atoms with Crippen LogP contribution in [0.15, 0.2) is 53.2 Å². The number of furan rings is 1. The topological polar surface area (TPSA) is 71.0 Å². The molecule has 5 nitrogen and oxygen atoms in total. The number of rotatable bonds is 3. The van der Waals surface area contributed by atoms with Crippen LogP contribution in [0.2, 0.25) is 0 Å². The van der Waals surface area contributed by atoms with Crippen LogP contribution in [-0.2, 0) is 0 Å². The second kappa shape index (κ2) is 6.30. The van der Waals surface area contributed by atoms with Crippen molar-refractivity contribution in [1.29, 1.82) is 5.26 Å². The number of aryl methyl sites for hydroxylation is 1. The fraction of sp³-hybridized carbons (Fsp3) is 0.0588. The van der Waals surface area contributed by atoms with Gasteiger partial charge in [0.05, 0.1) is 0 Å². The molecule has 3 aromatic rings. The molecule has 0 radical (unpaired) electrons. The van der Waals surface area contributed by atoms with Crippen molar-refractivity contribution in [3.8, 4) is 12.0 Å². The average molecular weight is 417 g/mol. The number of benzene rings is 1. The summed E-state index contributed by atoms with van der Waals surface area (Å²) in [5.41, 5.74) is 1.16. The monoisotopic (exact) mass is 417 g/mol. The molecular weight excluding hydrogens is 405 g/mol. The summed E-state index contributed by atoms with van der Waals surface area (Å²) < 4.78 is 8.33. The van der Waals surface area contributed by atoms with Crippen molar-refractivity contribution >= 4 is 34.2 Å². The SMILES string of the molecule is Cc1oc(-n2cccc2)c(C#N)c1C(=O)Nc1cccc(I)c1. The number of carbonyl (C=O) groups is 1. The molecule has 1 amide bonds. The van der Waals surface area contributed by atoms with Gasteiger partial charge >= 0.3 is 0 Å². The third-order valence-electron chi connectivity index (χ3n) is 3.33. The number of aromatic nitrogens is 1. The first-order valence-electron chi connectivity index (χ1n) is 6.84. The Morgan fingerprint density at radius 2 is 2.04 bits per heavy atom. The standard InChI is InChI=1S/C17H12IN3O2/c1-11-15(16(22)20-13-6-4-5-12(18)9-13)14(10-19)17(23-11)21-7-2-3-8-21/h2-9H,1H3,(H,20,22). The number of nitrogens with zero attached hydrogens (tertiary/aromatic N) is 2. The Kier molecular flexibility index (Phi) is 4.21. The Labute approximate surface area is 146 Å². The largest absolute Gasteiger partial charge is 0.443 e. The number of anilines is 1. The van der Waals surface area contributed by atoms with Crippen LogP contribution in [0.4, 0.5) is 5.69 Å². The molecule has 0 atom stereocenters. The van der Waals surface area contributed by atoms with E-state index in [0.29, 0.717) is 17.3 Å². The van der Waals surface area contributed by atoms with E-state index >= 15 is 0 Å². The maximum absolute atomic E-state index is 12.6. The van der Waals surface area contributed by atoms with Crippen molar-refractivity contribution in [1.82, 2.24) is 4.57 Å². The van der Waals surface area contributed by atoms with Gasteiger partial charge in [0.25, 0.3) is 5.91 Å². The van der Waals surface area contributed by atoms with Crippen molar-refractivity contribution in [2.24, 2.45) is 0 Å². The van der Waals surface area contributed by atoms with Crippen LogP contribution >= 0.6 is 22.6 Å². The highest BCUT2D eigenvalue weighted by Crippen LogP contribution is 2.26. The van der Waals surface area contributed by atoms with E-state index in [4.69, 9.17) is 4.42 Å². The van der Waals surface area contributed by atoms with Crippen LogP contribution in [0.5, 0.6) is 0 Å². The van der Waals surface area contributed by atoms with Crippen molar-refractivity contribution in [2.45, 2.75) is 6.92 Å². The molecule has 0 unspecified atom stereocenters. The van der Waals surface area contributed by atoms with E-state index in [1.54, 1.807) is 30.0 Å². The van der Waals surface area contributed by atoms with E-state index in [1.807, 2.05) is 30.3 Å². The Balaban J connectivity index is 2.00. The van der Waals surface area contributed by atoms with Crippen LogP contribution in [-0.4, -0.2) is 10.5 Å². The highest BCUT2D eigenvalue weighted by molar-refractivity contribution is 14.1. The van der Waals surface area contributed by atoms with E-state index in [-0.39, 0.29) is 17.0 Å². The van der Waals surface area contributed by atoms with Gasteiger partial charge in [0.1, 0.15) is 23.0 Å². The van der Waals surface area contributed by atoms with Crippen LogP contribution in [0, 0.1) is 21.8 Å². The summed E-state index contributed by atoms with van der Waals surface area (Å²) in [5, 5.41) is 12.3. The third kappa shape index (κ3) is 3.00. The molecule has 23 heavy (non-hydrogen) atoms. The van der Waals surface area contributed by atoms with Crippen molar-refractivity contribution in [3.05, 3.63) is 69.2 Å². The Morgan fingerprint density at radius 3 is 2.70 bits per heavy atom. The molecule has 0 bridgehead atoms. The highest BCUT2D eigenvalue weighted by atomic mass is 127. The van der Waals surface area contributed by atoms with Crippen LogP contribution in [0.25, 0.3) is 5.88 Å². The molecule has 0 saturated carbocycles. The molecule has 0 aliphatic carbocycles. The lowest BCUT2D eigenvalue weighted by molar-refractivity contribution is 0.102. The van der Waals surface area contributed by atoms with Gasteiger partial charge in [-0.15, -0.1) is 0 Å². The predicted octanol–water partition coefficient (Wildman–Crippen LogP) is 4.11. The van der Waals surface area contributed by atoms with Crippen LogP contribution in [0.3, 0.4) is 0 Å². The number of amides is 1. The normalized spacial score (nSPS) is 10.3. The van der Waals surface area contributed by atoms with Crippen LogP contribution < -0.4 is 5.32 Å². The zero-order valence-electron chi connectivity index (χ0n) is 12.2. The number of hydrogen-bond acceptors (Lipinski definition) is 3. The zero-order valence-corrected chi connectivity index (χ0v) is 14.4. The summed E-state index contributed by atoms with van der Waals surface area (Å²) >= 11 is 2.17. The molecule has 0 fully saturated rings. The molecule has 114 valence electrons. The second-order valence-electron chi connectivity index (χ2n) is 4.88. The van der Waals surface area contributed by atoms with Gasteiger partial charge in [-0.05, 0) is 59.8 Å². The van der Waals surface area contributed by atoms with Gasteiger partial charge in [-0.3, -0.25) is 9.36 Å².